The second-order valence-electron chi connectivity index (χ2n) is 6.66. The van der Waals surface area contributed by atoms with Gasteiger partial charge in [0.1, 0.15) is 0 Å². The predicted molar refractivity (Wildman–Crippen MR) is 85.7 cm³/mol. The molecule has 2 heterocycles. The lowest BCUT2D eigenvalue weighted by Gasteiger charge is -2.33. The lowest BCUT2D eigenvalue weighted by Crippen LogP contribution is -2.40. The molecule has 4 heteroatoms. The van der Waals surface area contributed by atoms with Crippen LogP contribution >= 0.6 is 0 Å². The number of ether oxygens (including phenoxy) is 3. The van der Waals surface area contributed by atoms with E-state index in [1.807, 2.05) is 6.92 Å². The van der Waals surface area contributed by atoms with Gasteiger partial charge in [-0.1, -0.05) is 31.8 Å². The lowest BCUT2D eigenvalue weighted by molar-refractivity contribution is -0.135. The zero-order valence-corrected chi connectivity index (χ0v) is 14.2. The van der Waals surface area contributed by atoms with Gasteiger partial charge in [-0.15, -0.1) is 0 Å². The topological polar surface area (TPSA) is 44.8 Å². The van der Waals surface area contributed by atoms with E-state index in [1.54, 1.807) is 6.08 Å². The van der Waals surface area contributed by atoms with E-state index in [4.69, 9.17) is 14.2 Å². The number of fused-ring (bicyclic) bond motifs is 2. The maximum Gasteiger partial charge on any atom is 0.330 e. The molecule has 2 rings (SSSR count). The smallest absolute Gasteiger partial charge is 0.330 e. The molecule has 22 heavy (non-hydrogen) atoms. The van der Waals surface area contributed by atoms with Crippen molar-refractivity contribution in [2.24, 2.45) is 5.92 Å². The van der Waals surface area contributed by atoms with Gasteiger partial charge >= 0.3 is 5.97 Å². The van der Waals surface area contributed by atoms with Crippen LogP contribution in [0.3, 0.4) is 0 Å². The van der Waals surface area contributed by atoms with Gasteiger partial charge < -0.3 is 14.2 Å². The molecule has 2 fully saturated rings. The highest BCUT2D eigenvalue weighted by Gasteiger charge is 2.54. The minimum Gasteiger partial charge on any atom is -0.466 e. The molecule has 0 aliphatic carbocycles. The zero-order chi connectivity index (χ0) is 16.0. The fraction of sp³-hybridized carbons (Fsp3) is 0.833. The van der Waals surface area contributed by atoms with Crippen LogP contribution in [-0.4, -0.2) is 38.0 Å². The Labute approximate surface area is 134 Å². The summed E-state index contributed by atoms with van der Waals surface area (Å²) in [5, 5.41) is 0. The van der Waals surface area contributed by atoms with Gasteiger partial charge in [0.25, 0.3) is 0 Å². The first-order valence-corrected chi connectivity index (χ1v) is 8.63. The van der Waals surface area contributed by atoms with E-state index in [9.17, 15) is 4.79 Å². The van der Waals surface area contributed by atoms with E-state index in [0.717, 1.165) is 37.9 Å². The van der Waals surface area contributed by atoms with Gasteiger partial charge in [0.05, 0.1) is 25.4 Å². The van der Waals surface area contributed by atoms with Gasteiger partial charge in [0.15, 0.2) is 0 Å². The summed E-state index contributed by atoms with van der Waals surface area (Å²) in [5.41, 5.74) is 0.841. The van der Waals surface area contributed by atoms with E-state index in [-0.39, 0.29) is 17.5 Å². The lowest BCUT2D eigenvalue weighted by atomic mass is 9.75. The number of esters is 1. The molecule has 0 aromatic rings. The Morgan fingerprint density at radius 1 is 1.36 bits per heavy atom. The summed E-state index contributed by atoms with van der Waals surface area (Å²) in [6, 6.07) is 0. The molecule has 0 radical (unpaired) electrons. The van der Waals surface area contributed by atoms with Crippen LogP contribution in [0.25, 0.3) is 0 Å². The summed E-state index contributed by atoms with van der Waals surface area (Å²) in [6.07, 6.45) is 9.95. The molecule has 2 saturated heterocycles. The number of carbonyl (C=O) groups is 1. The Morgan fingerprint density at radius 3 is 2.86 bits per heavy atom. The molecule has 0 spiro atoms. The van der Waals surface area contributed by atoms with Crippen LogP contribution in [0, 0.1) is 5.92 Å². The average Bonchev–Trinajstić information content (AvgIpc) is 3.08. The molecule has 0 N–H and O–H groups in total. The number of hydrogen-bond acceptors (Lipinski definition) is 4. The van der Waals surface area contributed by atoms with Crippen molar-refractivity contribution < 1.29 is 19.0 Å². The van der Waals surface area contributed by atoms with Crippen LogP contribution in [0.5, 0.6) is 0 Å². The van der Waals surface area contributed by atoms with E-state index >= 15 is 0 Å². The molecule has 0 amide bonds. The molecule has 0 aromatic heterocycles. The molecule has 0 saturated carbocycles. The minimum atomic E-state index is -0.282. The van der Waals surface area contributed by atoms with E-state index in [2.05, 4.69) is 6.92 Å². The summed E-state index contributed by atoms with van der Waals surface area (Å²) in [5.74, 6) is -0.00287. The largest absolute Gasteiger partial charge is 0.466 e. The number of carbonyl (C=O) groups excluding carboxylic acids is 1. The first kappa shape index (κ1) is 17.5. The van der Waals surface area contributed by atoms with Crippen LogP contribution in [-0.2, 0) is 19.0 Å². The summed E-state index contributed by atoms with van der Waals surface area (Å²) in [7, 11) is 1.42. The van der Waals surface area contributed by atoms with Crippen molar-refractivity contribution in [2.45, 2.75) is 70.5 Å². The molecule has 2 aliphatic rings. The molecule has 0 aromatic carbocycles. The number of hydrogen-bond donors (Lipinski definition) is 0. The first-order valence-electron chi connectivity index (χ1n) is 8.63. The fourth-order valence-electron chi connectivity index (χ4n) is 3.78. The van der Waals surface area contributed by atoms with Crippen LogP contribution in [0.15, 0.2) is 11.6 Å². The summed E-state index contributed by atoms with van der Waals surface area (Å²) in [6.45, 7) is 5.68. The Balaban J connectivity index is 1.88. The third-order valence-corrected chi connectivity index (χ3v) is 5.01. The number of methoxy groups -OCH3 is 1. The Bertz CT molecular complexity index is 404. The minimum absolute atomic E-state index is 0.218. The highest BCUT2D eigenvalue weighted by Crippen LogP contribution is 2.50. The fourth-order valence-corrected chi connectivity index (χ4v) is 3.78. The van der Waals surface area contributed by atoms with Crippen molar-refractivity contribution in [3.63, 3.8) is 0 Å². The molecule has 2 bridgehead atoms. The standard InChI is InChI=1S/C18H30O4/c1-4-5-6-7-10-21-13-18-9-8-15(22-18)12-16(18)14(2)11-17(19)20-3/h11,15-16H,4-10,12-13H2,1-3H3. The van der Waals surface area contributed by atoms with Gasteiger partial charge in [0, 0.05) is 18.6 Å². The SMILES string of the molecule is CCCCCCOCC12CCC(CC1C(C)=CC(=O)OC)O2. The van der Waals surface area contributed by atoms with Crippen molar-refractivity contribution >= 4 is 5.97 Å². The van der Waals surface area contributed by atoms with Crippen LogP contribution in [0.2, 0.25) is 0 Å². The average molecular weight is 310 g/mol. The molecule has 3 unspecified atom stereocenters. The normalized spacial score (nSPS) is 30.8. The van der Waals surface area contributed by atoms with E-state index < -0.39 is 0 Å². The molecule has 126 valence electrons. The van der Waals surface area contributed by atoms with Gasteiger partial charge in [-0.05, 0) is 32.6 Å². The van der Waals surface area contributed by atoms with E-state index in [1.165, 1.54) is 26.4 Å². The summed E-state index contributed by atoms with van der Waals surface area (Å²) >= 11 is 0. The first-order chi connectivity index (χ1) is 10.6. The van der Waals surface area contributed by atoms with Crippen molar-refractivity contribution in [3.05, 3.63) is 11.6 Å². The third-order valence-electron chi connectivity index (χ3n) is 5.01. The summed E-state index contributed by atoms with van der Waals surface area (Å²) < 4.78 is 16.9. The van der Waals surface area contributed by atoms with Crippen LogP contribution in [0.4, 0.5) is 0 Å². The van der Waals surface area contributed by atoms with Crippen molar-refractivity contribution in [3.8, 4) is 0 Å². The van der Waals surface area contributed by atoms with Crippen molar-refractivity contribution in [1.29, 1.82) is 0 Å². The third kappa shape index (κ3) is 4.11. The Morgan fingerprint density at radius 2 is 2.18 bits per heavy atom. The maximum absolute atomic E-state index is 11.5. The predicted octanol–water partition coefficient (Wildman–Crippen LogP) is 3.64. The quantitative estimate of drug-likeness (QED) is 0.370. The highest BCUT2D eigenvalue weighted by atomic mass is 16.6. The van der Waals surface area contributed by atoms with Crippen molar-refractivity contribution in [1.82, 2.24) is 0 Å². The highest BCUT2D eigenvalue weighted by molar-refractivity contribution is 5.82. The molecule has 2 aliphatic heterocycles. The van der Waals surface area contributed by atoms with Crippen LogP contribution < -0.4 is 0 Å². The molecule has 4 nitrogen and oxygen atoms in total. The maximum atomic E-state index is 11.5. The molecular formula is C18H30O4. The monoisotopic (exact) mass is 310 g/mol. The van der Waals surface area contributed by atoms with Gasteiger partial charge in [0.2, 0.25) is 0 Å². The second-order valence-corrected chi connectivity index (χ2v) is 6.66. The number of rotatable bonds is 9. The number of unbranched alkanes of at least 4 members (excludes halogenated alkanes) is 3. The molecular weight excluding hydrogens is 280 g/mol. The van der Waals surface area contributed by atoms with Crippen LogP contribution in [0.1, 0.15) is 58.8 Å². The summed E-state index contributed by atoms with van der Waals surface area (Å²) in [4.78, 5) is 11.5. The molecule has 3 atom stereocenters. The van der Waals surface area contributed by atoms with Gasteiger partial charge in [-0.2, -0.15) is 0 Å². The van der Waals surface area contributed by atoms with Gasteiger partial charge in [-0.25, -0.2) is 4.79 Å². The van der Waals surface area contributed by atoms with E-state index in [0.29, 0.717) is 12.7 Å². The van der Waals surface area contributed by atoms with Gasteiger partial charge in [-0.3, -0.25) is 0 Å². The Hall–Kier alpha value is -0.870. The van der Waals surface area contributed by atoms with Crippen molar-refractivity contribution in [2.75, 3.05) is 20.3 Å². The Kier molecular flexibility index (Phi) is 6.45. The zero-order valence-electron chi connectivity index (χ0n) is 14.2. The second kappa shape index (κ2) is 8.11.